The number of thioether (sulfide) groups is 2. The number of benzene rings is 2. The van der Waals surface area contributed by atoms with Crippen molar-refractivity contribution in [3.05, 3.63) is 60.7 Å². The van der Waals surface area contributed by atoms with Crippen molar-refractivity contribution < 1.29 is 19.0 Å². The Morgan fingerprint density at radius 2 is 1.43 bits per heavy atom. The van der Waals surface area contributed by atoms with Crippen LogP contribution < -0.4 is 10.4 Å². The number of rotatable bonds is 10. The van der Waals surface area contributed by atoms with Crippen LogP contribution in [0.4, 0.5) is 0 Å². The second kappa shape index (κ2) is 13.2. The average molecular weight is 603 g/mol. The van der Waals surface area contributed by atoms with E-state index >= 15 is 0 Å². The van der Waals surface area contributed by atoms with Crippen molar-refractivity contribution in [3.63, 3.8) is 0 Å². The van der Waals surface area contributed by atoms with Crippen molar-refractivity contribution in [3.8, 4) is 0 Å². The van der Waals surface area contributed by atoms with Crippen LogP contribution in [0.15, 0.2) is 60.7 Å². The van der Waals surface area contributed by atoms with Gasteiger partial charge >= 0.3 is 0 Å². The van der Waals surface area contributed by atoms with E-state index in [1.165, 1.54) is 28.3 Å². The Morgan fingerprint density at radius 1 is 0.900 bits per heavy atom. The van der Waals surface area contributed by atoms with Gasteiger partial charge in [0.25, 0.3) is 8.32 Å². The van der Waals surface area contributed by atoms with Gasteiger partial charge in [-0.1, -0.05) is 95.3 Å². The lowest BCUT2D eigenvalue weighted by Gasteiger charge is -2.45. The molecule has 0 spiro atoms. The molecule has 0 aliphatic carbocycles. The number of aliphatic hydroxyl groups excluding tert-OH is 1. The quantitative estimate of drug-likeness (QED) is 0.301. The first kappa shape index (κ1) is 32.1. The molecule has 0 aromatic heterocycles. The molecule has 7 heteroatoms. The maximum Gasteiger partial charge on any atom is 0.261 e. The molecule has 2 aliphatic rings. The zero-order valence-corrected chi connectivity index (χ0v) is 28.2. The van der Waals surface area contributed by atoms with E-state index in [9.17, 15) is 5.11 Å². The fourth-order valence-electron chi connectivity index (χ4n) is 6.27. The molecule has 0 amide bonds. The Hall–Kier alpha value is -0.803. The van der Waals surface area contributed by atoms with Gasteiger partial charge < -0.3 is 19.0 Å². The van der Waals surface area contributed by atoms with Gasteiger partial charge in [-0.25, -0.2) is 0 Å². The van der Waals surface area contributed by atoms with Gasteiger partial charge in [-0.05, 0) is 53.6 Å². The van der Waals surface area contributed by atoms with Gasteiger partial charge in [-0.2, -0.15) is 0 Å². The number of hydrogen-bond donors (Lipinski definition) is 1. The lowest BCUT2D eigenvalue weighted by Crippen LogP contribution is -2.66. The molecular formula is C33H50O4S2Si. The van der Waals surface area contributed by atoms with Crippen molar-refractivity contribution >= 4 is 42.2 Å². The van der Waals surface area contributed by atoms with E-state index in [1.807, 2.05) is 37.4 Å². The molecular weight excluding hydrogens is 553 g/mol. The van der Waals surface area contributed by atoms with E-state index in [2.05, 4.69) is 95.3 Å². The summed E-state index contributed by atoms with van der Waals surface area (Å²) in [7, 11) is -2.59. The molecule has 0 saturated carbocycles. The molecule has 0 bridgehead atoms. The van der Waals surface area contributed by atoms with Gasteiger partial charge in [0.05, 0.1) is 22.9 Å². The van der Waals surface area contributed by atoms with Crippen LogP contribution in [0.1, 0.15) is 74.1 Å². The van der Waals surface area contributed by atoms with Crippen LogP contribution in [-0.2, 0) is 13.9 Å². The Labute approximate surface area is 252 Å². The van der Waals surface area contributed by atoms with Crippen LogP contribution in [0.3, 0.4) is 0 Å². The highest BCUT2D eigenvalue weighted by molar-refractivity contribution is 8.17. The molecule has 4 nitrogen and oxygen atoms in total. The van der Waals surface area contributed by atoms with E-state index in [1.54, 1.807) is 0 Å². The zero-order chi connectivity index (χ0) is 29.0. The van der Waals surface area contributed by atoms with Crippen LogP contribution in [0.5, 0.6) is 0 Å². The van der Waals surface area contributed by atoms with Gasteiger partial charge in [0.15, 0.2) is 5.79 Å². The highest BCUT2D eigenvalue weighted by Crippen LogP contribution is 2.46. The normalized spacial score (nSPS) is 23.6. The highest BCUT2D eigenvalue weighted by Gasteiger charge is 2.50. The largest absolute Gasteiger partial charge is 0.407 e. The first-order valence-corrected chi connectivity index (χ1v) is 18.9. The number of ether oxygens (including phenoxy) is 2. The summed E-state index contributed by atoms with van der Waals surface area (Å²) >= 11 is 3.99. The topological polar surface area (TPSA) is 47.9 Å². The van der Waals surface area contributed by atoms with E-state index in [0.29, 0.717) is 17.6 Å². The first-order chi connectivity index (χ1) is 18.8. The summed E-state index contributed by atoms with van der Waals surface area (Å²) in [6, 6.07) is 21.6. The molecule has 2 fully saturated rings. The molecule has 222 valence electrons. The van der Waals surface area contributed by atoms with Crippen LogP contribution in [0, 0.1) is 5.41 Å². The SMILES string of the molecule is CC1(C)O[C@@H](C[C@H](O)C(C)(C)C2SCCCS2)C[C@H](CCO[Si](c2ccccc2)(c2ccccc2)C(C)(C)C)O1. The van der Waals surface area contributed by atoms with Gasteiger partial charge in [0.1, 0.15) is 0 Å². The molecule has 3 atom stereocenters. The van der Waals surface area contributed by atoms with Gasteiger partial charge in [0.2, 0.25) is 0 Å². The van der Waals surface area contributed by atoms with Crippen molar-refractivity contribution in [1.82, 2.24) is 0 Å². The predicted octanol–water partition coefficient (Wildman–Crippen LogP) is 6.84. The average Bonchev–Trinajstić information content (AvgIpc) is 2.91. The molecule has 0 unspecified atom stereocenters. The minimum absolute atomic E-state index is 0.0145. The molecule has 0 radical (unpaired) electrons. The van der Waals surface area contributed by atoms with Crippen LogP contribution in [0.25, 0.3) is 0 Å². The lowest BCUT2D eigenvalue weighted by molar-refractivity contribution is -0.305. The molecule has 2 aromatic rings. The maximum atomic E-state index is 11.4. The molecule has 4 rings (SSSR count). The third-order valence-corrected chi connectivity index (χ3v) is 17.1. The number of hydrogen-bond acceptors (Lipinski definition) is 6. The second-order valence-electron chi connectivity index (χ2n) is 13.4. The Balaban J connectivity index is 1.47. The summed E-state index contributed by atoms with van der Waals surface area (Å²) in [5.41, 5.74) is -0.177. The van der Waals surface area contributed by atoms with Crippen molar-refractivity contribution in [1.29, 1.82) is 0 Å². The van der Waals surface area contributed by atoms with Crippen molar-refractivity contribution in [2.45, 2.75) is 108 Å². The van der Waals surface area contributed by atoms with Gasteiger partial charge in [0, 0.05) is 24.9 Å². The lowest BCUT2D eigenvalue weighted by atomic mass is 9.84. The smallest absolute Gasteiger partial charge is 0.261 e. The summed E-state index contributed by atoms with van der Waals surface area (Å²) in [6.07, 6.45) is 2.99. The van der Waals surface area contributed by atoms with E-state index in [4.69, 9.17) is 13.9 Å². The molecule has 1 N–H and O–H groups in total. The fraction of sp³-hybridized carbons (Fsp3) is 0.636. The fourth-order valence-corrected chi connectivity index (χ4v) is 14.2. The summed E-state index contributed by atoms with van der Waals surface area (Å²) in [6.45, 7) is 16.0. The number of aliphatic hydroxyl groups is 1. The van der Waals surface area contributed by atoms with Gasteiger partial charge in [-0.3, -0.25) is 0 Å². The van der Waals surface area contributed by atoms with E-state index in [-0.39, 0.29) is 22.7 Å². The zero-order valence-electron chi connectivity index (χ0n) is 25.5. The van der Waals surface area contributed by atoms with E-state index < -0.39 is 20.2 Å². The summed E-state index contributed by atoms with van der Waals surface area (Å²) in [5.74, 6) is 1.67. The van der Waals surface area contributed by atoms with Crippen LogP contribution in [0.2, 0.25) is 5.04 Å². The molecule has 2 heterocycles. The third kappa shape index (κ3) is 7.39. The standard InChI is InChI=1S/C33H50O4S2Si/c1-31(2,3)40(27-15-10-8-11-16-27,28-17-12-9-13-18-28)35-20-19-25-23-26(37-33(6,7)36-25)24-29(34)32(4,5)30-38-21-14-22-39-30/h8-13,15-18,25-26,29-30,34H,14,19-24H2,1-7H3/t25-,26+,29-/m0/s1. The molecule has 2 aromatic carbocycles. The maximum absolute atomic E-state index is 11.4. The minimum Gasteiger partial charge on any atom is -0.407 e. The summed E-state index contributed by atoms with van der Waals surface area (Å²) in [5, 5.41) is 13.9. The molecule has 2 saturated heterocycles. The second-order valence-corrected chi connectivity index (χ2v) is 20.4. The summed E-state index contributed by atoms with van der Waals surface area (Å²) in [4.78, 5) is 0. The first-order valence-electron chi connectivity index (χ1n) is 14.9. The van der Waals surface area contributed by atoms with Crippen molar-refractivity contribution in [2.75, 3.05) is 18.1 Å². The molecule has 40 heavy (non-hydrogen) atoms. The Bertz CT molecular complexity index is 1010. The Kier molecular flexibility index (Phi) is 10.6. The summed E-state index contributed by atoms with van der Waals surface area (Å²) < 4.78 is 20.4. The predicted molar refractivity (Wildman–Crippen MR) is 174 cm³/mol. The van der Waals surface area contributed by atoms with Crippen LogP contribution in [-0.4, -0.2) is 60.2 Å². The highest BCUT2D eigenvalue weighted by atomic mass is 32.2. The Morgan fingerprint density at radius 3 is 1.95 bits per heavy atom. The van der Waals surface area contributed by atoms with E-state index in [0.717, 1.165) is 12.8 Å². The van der Waals surface area contributed by atoms with Crippen LogP contribution >= 0.6 is 23.5 Å². The third-order valence-electron chi connectivity index (χ3n) is 8.38. The minimum atomic E-state index is -2.59. The molecule has 2 aliphatic heterocycles. The van der Waals surface area contributed by atoms with Crippen molar-refractivity contribution in [2.24, 2.45) is 5.41 Å². The monoisotopic (exact) mass is 602 g/mol. The van der Waals surface area contributed by atoms with Gasteiger partial charge in [-0.15, -0.1) is 23.5 Å².